The van der Waals surface area contributed by atoms with E-state index in [4.69, 9.17) is 0 Å². The van der Waals surface area contributed by atoms with Crippen LogP contribution in [0.1, 0.15) is 39.5 Å². The number of hydrogen-bond acceptors (Lipinski definition) is 3. The highest BCUT2D eigenvalue weighted by atomic mass is 32.2. The second kappa shape index (κ2) is 5.89. The van der Waals surface area contributed by atoms with Crippen molar-refractivity contribution in [1.82, 2.24) is 8.61 Å². The van der Waals surface area contributed by atoms with E-state index in [1.807, 2.05) is 0 Å². The molecule has 6 heteroatoms. The van der Waals surface area contributed by atoms with Gasteiger partial charge in [-0.3, -0.25) is 4.79 Å². The topological polar surface area (TPSA) is 57.7 Å². The highest BCUT2D eigenvalue weighted by Gasteiger charge is 2.36. The molecule has 0 amide bonds. The van der Waals surface area contributed by atoms with E-state index < -0.39 is 10.2 Å². The van der Waals surface area contributed by atoms with Crippen molar-refractivity contribution >= 4 is 16.0 Å². The highest BCUT2D eigenvalue weighted by molar-refractivity contribution is 7.86. The van der Waals surface area contributed by atoms with Gasteiger partial charge in [0.25, 0.3) is 10.2 Å². The lowest BCUT2D eigenvalue weighted by Gasteiger charge is -2.37. The summed E-state index contributed by atoms with van der Waals surface area (Å²) in [6, 6.07) is 0. The molecule has 2 saturated heterocycles. The summed E-state index contributed by atoms with van der Waals surface area (Å²) in [4.78, 5) is 11.5. The van der Waals surface area contributed by atoms with Gasteiger partial charge in [0.2, 0.25) is 0 Å². The number of ketones is 1. The predicted molar refractivity (Wildman–Crippen MR) is 73.9 cm³/mol. The van der Waals surface area contributed by atoms with Gasteiger partial charge in [0, 0.05) is 32.1 Å². The Morgan fingerprint density at radius 3 is 2.21 bits per heavy atom. The molecule has 2 aliphatic rings. The van der Waals surface area contributed by atoms with Crippen LogP contribution in [0.5, 0.6) is 0 Å². The monoisotopic (exact) mass is 288 g/mol. The van der Waals surface area contributed by atoms with Crippen LogP contribution in [0.3, 0.4) is 0 Å². The number of carbonyl (C=O) groups excluding carboxylic acids is 1. The van der Waals surface area contributed by atoms with Crippen molar-refractivity contribution in [1.29, 1.82) is 0 Å². The fraction of sp³-hybridized carbons (Fsp3) is 0.923. The Balaban J connectivity index is 2.08. The summed E-state index contributed by atoms with van der Waals surface area (Å²) in [6.07, 6.45) is 3.64. The first kappa shape index (κ1) is 14.9. The first-order valence-corrected chi connectivity index (χ1v) is 8.56. The van der Waals surface area contributed by atoms with Crippen LogP contribution in [0.15, 0.2) is 0 Å². The molecule has 0 spiro atoms. The van der Waals surface area contributed by atoms with Gasteiger partial charge in [-0.05, 0) is 38.5 Å². The standard InChI is InChI=1S/C13H24N2O3S/c1-11-5-3-7-14(9-11)19(17,18)15-8-4-6-13(10-15)12(2)16/h11,13H,3-10H2,1-2H3. The van der Waals surface area contributed by atoms with Gasteiger partial charge >= 0.3 is 0 Å². The lowest BCUT2D eigenvalue weighted by atomic mass is 9.96. The fourth-order valence-electron chi connectivity index (χ4n) is 3.00. The third-order valence-electron chi connectivity index (χ3n) is 4.23. The summed E-state index contributed by atoms with van der Waals surface area (Å²) in [5.41, 5.74) is 0. The van der Waals surface area contributed by atoms with E-state index in [0.717, 1.165) is 25.7 Å². The quantitative estimate of drug-likeness (QED) is 0.785. The number of piperidine rings is 2. The van der Waals surface area contributed by atoms with E-state index >= 15 is 0 Å². The molecule has 0 N–H and O–H groups in total. The van der Waals surface area contributed by atoms with Crippen molar-refractivity contribution in [2.45, 2.75) is 39.5 Å². The maximum Gasteiger partial charge on any atom is 0.282 e. The van der Waals surface area contributed by atoms with Crippen LogP contribution in [-0.4, -0.2) is 49.0 Å². The molecule has 2 atom stereocenters. The van der Waals surface area contributed by atoms with Gasteiger partial charge in [-0.2, -0.15) is 17.0 Å². The fourth-order valence-corrected chi connectivity index (χ4v) is 4.86. The van der Waals surface area contributed by atoms with Crippen LogP contribution < -0.4 is 0 Å². The molecular formula is C13H24N2O3S. The van der Waals surface area contributed by atoms with E-state index in [2.05, 4.69) is 6.92 Å². The lowest BCUT2D eigenvalue weighted by Crippen LogP contribution is -2.51. The summed E-state index contributed by atoms with van der Waals surface area (Å²) in [7, 11) is -3.37. The molecule has 2 unspecified atom stereocenters. The van der Waals surface area contributed by atoms with Gasteiger partial charge in [-0.1, -0.05) is 6.92 Å². The average molecular weight is 288 g/mol. The Kier molecular flexibility index (Phi) is 4.63. The minimum Gasteiger partial charge on any atom is -0.300 e. The molecule has 0 aromatic rings. The van der Waals surface area contributed by atoms with Gasteiger partial charge in [0.15, 0.2) is 0 Å². The van der Waals surface area contributed by atoms with E-state index in [1.54, 1.807) is 11.2 Å². The van der Waals surface area contributed by atoms with Crippen LogP contribution in [0.2, 0.25) is 0 Å². The summed E-state index contributed by atoms with van der Waals surface area (Å²) in [5.74, 6) is 0.412. The Morgan fingerprint density at radius 1 is 1.05 bits per heavy atom. The molecule has 0 aromatic heterocycles. The van der Waals surface area contributed by atoms with Crippen molar-refractivity contribution in [2.24, 2.45) is 11.8 Å². The molecule has 2 rings (SSSR count). The number of carbonyl (C=O) groups is 1. The Bertz CT molecular complexity index is 435. The molecule has 110 valence electrons. The van der Waals surface area contributed by atoms with E-state index in [1.165, 1.54) is 4.31 Å². The zero-order chi connectivity index (χ0) is 14.0. The minimum absolute atomic E-state index is 0.104. The SMILES string of the molecule is CC(=O)C1CCCN(S(=O)(=O)N2CCCC(C)C2)C1. The highest BCUT2D eigenvalue weighted by Crippen LogP contribution is 2.25. The zero-order valence-electron chi connectivity index (χ0n) is 11.8. The first-order chi connectivity index (χ1) is 8.91. The zero-order valence-corrected chi connectivity index (χ0v) is 12.7. The summed E-state index contributed by atoms with van der Waals surface area (Å²) >= 11 is 0. The van der Waals surface area contributed by atoms with Crippen molar-refractivity contribution < 1.29 is 13.2 Å². The maximum absolute atomic E-state index is 12.6. The van der Waals surface area contributed by atoms with Crippen molar-refractivity contribution in [3.63, 3.8) is 0 Å². The summed E-state index contributed by atoms with van der Waals surface area (Å²) in [5, 5.41) is 0. The minimum atomic E-state index is -3.37. The van der Waals surface area contributed by atoms with Gasteiger partial charge in [-0.15, -0.1) is 0 Å². The third-order valence-corrected chi connectivity index (χ3v) is 6.20. The number of hydrogen-bond donors (Lipinski definition) is 0. The van der Waals surface area contributed by atoms with Crippen molar-refractivity contribution in [3.8, 4) is 0 Å². The normalized spacial score (nSPS) is 31.3. The molecule has 19 heavy (non-hydrogen) atoms. The van der Waals surface area contributed by atoms with Crippen LogP contribution in [0.4, 0.5) is 0 Å². The van der Waals surface area contributed by atoms with Gasteiger partial charge < -0.3 is 0 Å². The average Bonchev–Trinajstić information content (AvgIpc) is 2.39. The molecular weight excluding hydrogens is 264 g/mol. The molecule has 0 aliphatic carbocycles. The number of rotatable bonds is 3. The van der Waals surface area contributed by atoms with Gasteiger partial charge in [0.1, 0.15) is 5.78 Å². The predicted octanol–water partition coefficient (Wildman–Crippen LogP) is 1.26. The van der Waals surface area contributed by atoms with E-state index in [9.17, 15) is 13.2 Å². The molecule has 5 nitrogen and oxygen atoms in total. The van der Waals surface area contributed by atoms with Crippen LogP contribution in [0.25, 0.3) is 0 Å². The smallest absolute Gasteiger partial charge is 0.282 e. The molecule has 0 aromatic carbocycles. The second-order valence-electron chi connectivity index (χ2n) is 5.92. The number of nitrogens with zero attached hydrogens (tertiary/aromatic N) is 2. The van der Waals surface area contributed by atoms with Gasteiger partial charge in [-0.25, -0.2) is 0 Å². The summed E-state index contributed by atoms with van der Waals surface area (Å²) < 4.78 is 28.3. The van der Waals surface area contributed by atoms with Crippen LogP contribution >= 0.6 is 0 Å². The molecule has 0 bridgehead atoms. The van der Waals surface area contributed by atoms with Crippen LogP contribution in [-0.2, 0) is 15.0 Å². The molecule has 2 aliphatic heterocycles. The largest absolute Gasteiger partial charge is 0.300 e. The maximum atomic E-state index is 12.6. The Labute approximate surface area is 116 Å². The Hall–Kier alpha value is -0.460. The van der Waals surface area contributed by atoms with E-state index in [0.29, 0.717) is 32.1 Å². The van der Waals surface area contributed by atoms with Crippen molar-refractivity contribution in [2.75, 3.05) is 26.2 Å². The first-order valence-electron chi connectivity index (χ1n) is 7.17. The van der Waals surface area contributed by atoms with E-state index in [-0.39, 0.29) is 11.7 Å². The summed E-state index contributed by atoms with van der Waals surface area (Å²) in [6.45, 7) is 5.80. The van der Waals surface area contributed by atoms with Crippen molar-refractivity contribution in [3.05, 3.63) is 0 Å². The molecule has 2 heterocycles. The molecule has 0 radical (unpaired) electrons. The van der Waals surface area contributed by atoms with Crippen LogP contribution in [0, 0.1) is 11.8 Å². The third kappa shape index (κ3) is 3.35. The lowest BCUT2D eigenvalue weighted by molar-refractivity contribution is -0.121. The molecule has 0 saturated carbocycles. The second-order valence-corrected chi connectivity index (χ2v) is 7.85. The van der Waals surface area contributed by atoms with Gasteiger partial charge in [0.05, 0.1) is 0 Å². The number of Topliss-reactive ketones (excluding diaryl/α,β-unsaturated/α-hetero) is 1. The Morgan fingerprint density at radius 2 is 1.63 bits per heavy atom. The molecule has 2 fully saturated rings.